The molecule has 1 atom stereocenters. The van der Waals surface area contributed by atoms with Crippen molar-refractivity contribution in [2.24, 2.45) is 0 Å². The molecule has 1 fully saturated rings. The minimum atomic E-state index is -0.368. The minimum Gasteiger partial charge on any atom is -0.376 e. The summed E-state index contributed by atoms with van der Waals surface area (Å²) in [5.41, 5.74) is 2.03. The van der Waals surface area contributed by atoms with Crippen molar-refractivity contribution in [1.82, 2.24) is 14.8 Å². The van der Waals surface area contributed by atoms with Crippen LogP contribution < -0.4 is 5.32 Å². The maximum atomic E-state index is 13.0. The molecule has 2 aliphatic heterocycles. The first-order chi connectivity index (χ1) is 14.0. The van der Waals surface area contributed by atoms with Crippen LogP contribution >= 0.6 is 0 Å². The fraction of sp³-hybridized carbons (Fsp3) is 0.333. The first kappa shape index (κ1) is 19.1. The Morgan fingerprint density at radius 2 is 2.10 bits per heavy atom. The lowest BCUT2D eigenvalue weighted by molar-refractivity contribution is 0.0693. The molecule has 0 bridgehead atoms. The molecule has 1 aromatic heterocycles. The molecule has 0 spiro atoms. The molecule has 1 aromatic carbocycles. The smallest absolute Gasteiger partial charge is 0.322 e. The van der Waals surface area contributed by atoms with Crippen molar-refractivity contribution in [3.63, 3.8) is 0 Å². The molecular weight excluding hydrogens is 372 g/mol. The molecule has 29 heavy (non-hydrogen) atoms. The van der Waals surface area contributed by atoms with E-state index in [-0.39, 0.29) is 23.9 Å². The molecule has 2 aliphatic rings. The van der Waals surface area contributed by atoms with Gasteiger partial charge in [-0.15, -0.1) is 0 Å². The Balaban J connectivity index is 1.51. The van der Waals surface area contributed by atoms with Crippen LogP contribution in [0.3, 0.4) is 0 Å². The van der Waals surface area contributed by atoms with Gasteiger partial charge in [0.1, 0.15) is 0 Å². The lowest BCUT2D eigenvalue weighted by Crippen LogP contribution is -2.39. The molecule has 0 unspecified atom stereocenters. The van der Waals surface area contributed by atoms with Gasteiger partial charge in [0.25, 0.3) is 11.8 Å². The summed E-state index contributed by atoms with van der Waals surface area (Å²) in [5, 5.41) is 2.85. The monoisotopic (exact) mass is 394 g/mol. The summed E-state index contributed by atoms with van der Waals surface area (Å²) in [7, 11) is 1.44. The van der Waals surface area contributed by atoms with Crippen LogP contribution in [-0.4, -0.2) is 58.9 Å². The van der Waals surface area contributed by atoms with Crippen LogP contribution in [0.4, 0.5) is 10.5 Å². The van der Waals surface area contributed by atoms with E-state index in [2.05, 4.69) is 10.3 Å². The van der Waals surface area contributed by atoms with Gasteiger partial charge in [0.05, 0.1) is 17.2 Å². The topological polar surface area (TPSA) is 91.8 Å². The number of nitrogens with one attached hydrogen (secondary N) is 1. The van der Waals surface area contributed by atoms with Gasteiger partial charge in [-0.1, -0.05) is 6.07 Å². The van der Waals surface area contributed by atoms with E-state index in [0.29, 0.717) is 36.5 Å². The fourth-order valence-electron chi connectivity index (χ4n) is 3.61. The average Bonchev–Trinajstić information content (AvgIpc) is 3.32. The molecule has 4 amide bonds. The number of carbonyl (C=O) groups is 3. The van der Waals surface area contributed by atoms with E-state index in [1.807, 2.05) is 12.1 Å². The zero-order valence-corrected chi connectivity index (χ0v) is 16.1. The summed E-state index contributed by atoms with van der Waals surface area (Å²) in [4.78, 5) is 44.1. The second-order valence-corrected chi connectivity index (χ2v) is 7.24. The van der Waals surface area contributed by atoms with Gasteiger partial charge in [0.2, 0.25) is 0 Å². The van der Waals surface area contributed by atoms with E-state index >= 15 is 0 Å². The molecule has 1 saturated heterocycles. The van der Waals surface area contributed by atoms with Crippen molar-refractivity contribution >= 4 is 23.5 Å². The highest BCUT2D eigenvalue weighted by atomic mass is 16.5. The summed E-state index contributed by atoms with van der Waals surface area (Å²) < 4.78 is 5.69. The van der Waals surface area contributed by atoms with Gasteiger partial charge in [-0.2, -0.15) is 0 Å². The maximum Gasteiger partial charge on any atom is 0.322 e. The molecular formula is C21H22N4O4. The van der Waals surface area contributed by atoms with Crippen molar-refractivity contribution in [3.05, 3.63) is 59.4 Å². The first-order valence-corrected chi connectivity index (χ1v) is 9.56. The quantitative estimate of drug-likeness (QED) is 0.787. The molecule has 150 valence electrons. The Morgan fingerprint density at radius 1 is 1.28 bits per heavy atom. The predicted molar refractivity (Wildman–Crippen MR) is 106 cm³/mol. The molecule has 0 radical (unpaired) electrons. The van der Waals surface area contributed by atoms with Crippen molar-refractivity contribution in [1.29, 1.82) is 0 Å². The number of nitrogens with zero attached hydrogens (tertiary/aromatic N) is 3. The first-order valence-electron chi connectivity index (χ1n) is 9.56. The van der Waals surface area contributed by atoms with E-state index in [0.717, 1.165) is 23.3 Å². The van der Waals surface area contributed by atoms with E-state index < -0.39 is 0 Å². The summed E-state index contributed by atoms with van der Waals surface area (Å²) >= 11 is 0. The number of amides is 4. The lowest BCUT2D eigenvalue weighted by atomic mass is 10.1. The van der Waals surface area contributed by atoms with Crippen LogP contribution in [0.2, 0.25) is 0 Å². The largest absolute Gasteiger partial charge is 0.376 e. The number of ether oxygens (including phenoxy) is 1. The second kappa shape index (κ2) is 8.00. The van der Waals surface area contributed by atoms with Crippen LogP contribution in [0.25, 0.3) is 0 Å². The number of aromatic nitrogens is 1. The average molecular weight is 394 g/mol. The van der Waals surface area contributed by atoms with Gasteiger partial charge in [-0.05, 0) is 42.7 Å². The number of carbonyl (C=O) groups excluding carboxylic acids is 3. The van der Waals surface area contributed by atoms with Gasteiger partial charge >= 0.3 is 6.03 Å². The Kier molecular flexibility index (Phi) is 5.26. The van der Waals surface area contributed by atoms with E-state index in [4.69, 9.17) is 4.74 Å². The Hall–Kier alpha value is -3.26. The van der Waals surface area contributed by atoms with E-state index in [1.165, 1.54) is 7.05 Å². The summed E-state index contributed by atoms with van der Waals surface area (Å²) in [6.45, 7) is 1.57. The van der Waals surface area contributed by atoms with Gasteiger partial charge in [-0.25, -0.2) is 4.79 Å². The van der Waals surface area contributed by atoms with E-state index in [9.17, 15) is 14.4 Å². The standard InChI is InChI=1S/C21H22N4O4/c1-24-19(26)17-7-6-15(10-18(17)20(24)27)23-21(28)25(13-16-5-3-9-29-16)12-14-4-2-8-22-11-14/h2,4,6-8,10-11,16H,3,5,9,12-13H2,1H3,(H,23,28)/t16-/m1/s1. The van der Waals surface area contributed by atoms with Crippen LogP contribution in [0, 0.1) is 0 Å². The predicted octanol–water partition coefficient (Wildman–Crippen LogP) is 2.52. The number of anilines is 1. The van der Waals surface area contributed by atoms with Crippen molar-refractivity contribution in [2.45, 2.75) is 25.5 Å². The summed E-state index contributed by atoms with van der Waals surface area (Å²) in [5.74, 6) is -0.702. The zero-order valence-electron chi connectivity index (χ0n) is 16.1. The van der Waals surface area contributed by atoms with Gasteiger partial charge in [-0.3, -0.25) is 19.5 Å². The second-order valence-electron chi connectivity index (χ2n) is 7.24. The number of fused-ring (bicyclic) bond motifs is 1. The SMILES string of the molecule is CN1C(=O)c2ccc(NC(=O)N(Cc3cccnc3)C[C@H]3CCCO3)cc2C1=O. The lowest BCUT2D eigenvalue weighted by Gasteiger charge is -2.26. The number of imide groups is 1. The molecule has 1 N–H and O–H groups in total. The third kappa shape index (κ3) is 3.97. The number of urea groups is 1. The number of benzene rings is 1. The molecule has 3 heterocycles. The molecule has 0 saturated carbocycles. The maximum absolute atomic E-state index is 13.0. The highest BCUT2D eigenvalue weighted by molar-refractivity contribution is 6.21. The molecule has 2 aromatic rings. The van der Waals surface area contributed by atoms with Crippen LogP contribution in [0.5, 0.6) is 0 Å². The summed E-state index contributed by atoms with van der Waals surface area (Å²) in [6, 6.07) is 8.20. The Labute approximate surface area is 168 Å². The van der Waals surface area contributed by atoms with Crippen molar-refractivity contribution in [3.8, 4) is 0 Å². The van der Waals surface area contributed by atoms with Gasteiger partial charge < -0.3 is 15.0 Å². The Morgan fingerprint density at radius 3 is 2.83 bits per heavy atom. The van der Waals surface area contributed by atoms with Crippen molar-refractivity contribution < 1.29 is 19.1 Å². The normalized spacial score (nSPS) is 18.1. The van der Waals surface area contributed by atoms with Crippen LogP contribution in [0.15, 0.2) is 42.7 Å². The van der Waals surface area contributed by atoms with Crippen molar-refractivity contribution in [2.75, 3.05) is 25.5 Å². The Bertz CT molecular complexity index is 941. The number of hydrogen-bond acceptors (Lipinski definition) is 5. The third-order valence-corrected chi connectivity index (χ3v) is 5.17. The number of rotatable bonds is 5. The van der Waals surface area contributed by atoms with Crippen LogP contribution in [-0.2, 0) is 11.3 Å². The number of pyridine rings is 1. The van der Waals surface area contributed by atoms with Crippen LogP contribution in [0.1, 0.15) is 39.1 Å². The molecule has 4 rings (SSSR count). The zero-order chi connectivity index (χ0) is 20.4. The van der Waals surface area contributed by atoms with Gasteiger partial charge in [0.15, 0.2) is 0 Å². The van der Waals surface area contributed by atoms with E-state index in [1.54, 1.807) is 35.5 Å². The third-order valence-electron chi connectivity index (χ3n) is 5.17. The molecule has 8 nitrogen and oxygen atoms in total. The van der Waals surface area contributed by atoms with Gasteiger partial charge in [0, 0.05) is 44.8 Å². The molecule has 8 heteroatoms. The summed E-state index contributed by atoms with van der Waals surface area (Å²) in [6.07, 6.45) is 5.32. The molecule has 0 aliphatic carbocycles. The fourth-order valence-corrected chi connectivity index (χ4v) is 3.61. The number of hydrogen-bond donors (Lipinski definition) is 1. The minimum absolute atomic E-state index is 0.00490. The highest BCUT2D eigenvalue weighted by Gasteiger charge is 2.33. The highest BCUT2D eigenvalue weighted by Crippen LogP contribution is 2.25.